The molecule has 0 spiro atoms. The highest BCUT2D eigenvalue weighted by Gasteiger charge is 2.29. The molecule has 20 heavy (non-hydrogen) atoms. The van der Waals surface area contributed by atoms with E-state index in [1.54, 1.807) is 12.5 Å². The first kappa shape index (κ1) is 14.9. The molecule has 0 radical (unpaired) electrons. The van der Waals surface area contributed by atoms with Gasteiger partial charge in [0.2, 0.25) is 5.91 Å². The number of thiazole rings is 1. The monoisotopic (exact) mass is 298 g/mol. The molecule has 110 valence electrons. The highest BCUT2D eigenvalue weighted by atomic mass is 32.1. The molecule has 2 atom stereocenters. The predicted molar refractivity (Wildman–Crippen MR) is 74.9 cm³/mol. The normalized spacial score (nSPS) is 22.3. The first-order chi connectivity index (χ1) is 9.60. The Morgan fingerprint density at radius 3 is 2.70 bits per heavy atom. The molecule has 1 aromatic heterocycles. The summed E-state index contributed by atoms with van der Waals surface area (Å²) in [5.74, 6) is -0.683. The molecule has 7 heteroatoms. The summed E-state index contributed by atoms with van der Waals surface area (Å²) in [5.41, 5.74) is 0.221. The van der Waals surface area contributed by atoms with Crippen LogP contribution in [0.25, 0.3) is 0 Å². The Labute approximate surface area is 121 Å². The molecule has 6 nitrogen and oxygen atoms in total. The highest BCUT2D eigenvalue weighted by Crippen LogP contribution is 2.25. The number of carbonyl (C=O) groups excluding carboxylic acids is 2. The lowest BCUT2D eigenvalue weighted by Crippen LogP contribution is -2.35. The molecular formula is C13H18N2O4S. The molecule has 0 saturated heterocycles. The maximum Gasteiger partial charge on any atom is 0.358 e. The maximum atomic E-state index is 12.0. The van der Waals surface area contributed by atoms with Crippen LogP contribution in [0.2, 0.25) is 0 Å². The molecule has 1 aromatic rings. The van der Waals surface area contributed by atoms with E-state index in [1.807, 2.05) is 0 Å². The number of anilines is 1. The van der Waals surface area contributed by atoms with Crippen molar-refractivity contribution < 1.29 is 19.1 Å². The van der Waals surface area contributed by atoms with E-state index < -0.39 is 5.97 Å². The van der Waals surface area contributed by atoms with Crippen LogP contribution in [0.3, 0.4) is 0 Å². The molecular weight excluding hydrogens is 280 g/mol. The number of esters is 1. The van der Waals surface area contributed by atoms with Crippen LogP contribution in [0.5, 0.6) is 0 Å². The molecule has 1 amide bonds. The zero-order chi connectivity index (χ0) is 14.5. The fraction of sp³-hybridized carbons (Fsp3) is 0.615. The third-order valence-corrected chi connectivity index (χ3v) is 3.96. The van der Waals surface area contributed by atoms with E-state index in [1.165, 1.54) is 18.3 Å². The molecule has 0 bridgehead atoms. The van der Waals surface area contributed by atoms with Gasteiger partial charge in [0, 0.05) is 19.4 Å². The number of methoxy groups -OCH3 is 1. The molecule has 0 unspecified atom stereocenters. The molecule has 1 aliphatic rings. The number of rotatable bonds is 4. The van der Waals surface area contributed by atoms with Gasteiger partial charge in [-0.25, -0.2) is 9.78 Å². The average molecular weight is 298 g/mol. The van der Waals surface area contributed by atoms with Gasteiger partial charge in [-0.2, -0.15) is 0 Å². The zero-order valence-electron chi connectivity index (χ0n) is 11.5. The standard InChI is InChI=1S/C13H18N2O4S/c1-8(16)14-13-15-9(7-20-13)12(17)19-11-6-4-3-5-10(11)18-2/h7,10-11H,3-6H2,1-2H3,(H,14,15,16)/t10-,11+/m1/s1. The molecule has 1 heterocycles. The Kier molecular flexibility index (Phi) is 5.08. The van der Waals surface area contributed by atoms with Gasteiger partial charge in [-0.15, -0.1) is 11.3 Å². The van der Waals surface area contributed by atoms with Crippen LogP contribution in [-0.2, 0) is 14.3 Å². The van der Waals surface area contributed by atoms with Crippen LogP contribution in [0.4, 0.5) is 5.13 Å². The Balaban J connectivity index is 1.96. The SMILES string of the molecule is CO[C@@H]1CCCC[C@@H]1OC(=O)c1csc(NC(C)=O)n1. The van der Waals surface area contributed by atoms with Gasteiger partial charge in [-0.3, -0.25) is 4.79 Å². The molecule has 1 N–H and O–H groups in total. The number of ether oxygens (including phenoxy) is 2. The number of hydrogen-bond acceptors (Lipinski definition) is 6. The fourth-order valence-electron chi connectivity index (χ4n) is 2.24. The van der Waals surface area contributed by atoms with Crippen molar-refractivity contribution in [2.24, 2.45) is 0 Å². The van der Waals surface area contributed by atoms with E-state index in [-0.39, 0.29) is 23.8 Å². The summed E-state index contributed by atoms with van der Waals surface area (Å²) >= 11 is 1.20. The number of aromatic nitrogens is 1. The summed E-state index contributed by atoms with van der Waals surface area (Å²) in [6, 6.07) is 0. The van der Waals surface area contributed by atoms with Gasteiger partial charge in [0.15, 0.2) is 10.8 Å². The van der Waals surface area contributed by atoms with Gasteiger partial charge in [0.25, 0.3) is 0 Å². The lowest BCUT2D eigenvalue weighted by Gasteiger charge is -2.29. The second-order valence-corrected chi connectivity index (χ2v) is 5.58. The molecule has 0 aromatic carbocycles. The number of nitrogens with zero attached hydrogens (tertiary/aromatic N) is 1. The second kappa shape index (κ2) is 6.81. The third kappa shape index (κ3) is 3.77. The zero-order valence-corrected chi connectivity index (χ0v) is 12.4. The Morgan fingerprint density at radius 2 is 2.05 bits per heavy atom. The van der Waals surface area contributed by atoms with Crippen molar-refractivity contribution in [3.63, 3.8) is 0 Å². The van der Waals surface area contributed by atoms with Gasteiger partial charge in [-0.05, 0) is 19.3 Å². The van der Waals surface area contributed by atoms with E-state index in [4.69, 9.17) is 9.47 Å². The largest absolute Gasteiger partial charge is 0.455 e. The van der Waals surface area contributed by atoms with Crippen molar-refractivity contribution in [2.75, 3.05) is 12.4 Å². The summed E-state index contributed by atoms with van der Waals surface area (Å²) in [4.78, 5) is 27.0. The molecule has 2 rings (SSSR count). The van der Waals surface area contributed by atoms with Gasteiger partial charge in [0.05, 0.1) is 6.10 Å². The highest BCUT2D eigenvalue weighted by molar-refractivity contribution is 7.14. The number of hydrogen-bond donors (Lipinski definition) is 1. The van der Waals surface area contributed by atoms with Crippen molar-refractivity contribution >= 4 is 28.3 Å². The Hall–Kier alpha value is -1.47. The van der Waals surface area contributed by atoms with Crippen molar-refractivity contribution in [3.05, 3.63) is 11.1 Å². The maximum absolute atomic E-state index is 12.0. The molecule has 1 fully saturated rings. The van der Waals surface area contributed by atoms with Crippen LogP contribution >= 0.6 is 11.3 Å². The minimum Gasteiger partial charge on any atom is -0.455 e. The summed E-state index contributed by atoms with van der Waals surface area (Å²) in [6.45, 7) is 1.39. The van der Waals surface area contributed by atoms with Gasteiger partial charge >= 0.3 is 5.97 Å². The summed E-state index contributed by atoms with van der Waals surface area (Å²) in [7, 11) is 1.63. The number of nitrogens with one attached hydrogen (secondary N) is 1. The summed E-state index contributed by atoms with van der Waals surface area (Å²) in [6.07, 6.45) is 3.59. The van der Waals surface area contributed by atoms with E-state index in [0.29, 0.717) is 5.13 Å². The van der Waals surface area contributed by atoms with Gasteiger partial charge in [0.1, 0.15) is 6.10 Å². The van der Waals surface area contributed by atoms with E-state index in [9.17, 15) is 9.59 Å². The first-order valence-electron chi connectivity index (χ1n) is 6.57. The fourth-order valence-corrected chi connectivity index (χ4v) is 2.97. The van der Waals surface area contributed by atoms with Crippen LogP contribution in [0.1, 0.15) is 43.1 Å². The smallest absolute Gasteiger partial charge is 0.358 e. The van der Waals surface area contributed by atoms with E-state index >= 15 is 0 Å². The van der Waals surface area contributed by atoms with Crippen LogP contribution < -0.4 is 5.32 Å². The van der Waals surface area contributed by atoms with Crippen molar-refractivity contribution in [1.82, 2.24) is 4.98 Å². The topological polar surface area (TPSA) is 77.5 Å². The molecule has 1 saturated carbocycles. The number of carbonyl (C=O) groups is 2. The second-order valence-electron chi connectivity index (χ2n) is 4.72. The average Bonchev–Trinajstić information content (AvgIpc) is 2.87. The van der Waals surface area contributed by atoms with Crippen molar-refractivity contribution in [2.45, 2.75) is 44.8 Å². The van der Waals surface area contributed by atoms with Gasteiger partial charge < -0.3 is 14.8 Å². The molecule has 1 aliphatic carbocycles. The summed E-state index contributed by atoms with van der Waals surface area (Å²) in [5, 5.41) is 4.52. The van der Waals surface area contributed by atoms with E-state index in [0.717, 1.165) is 25.7 Å². The van der Waals surface area contributed by atoms with E-state index in [2.05, 4.69) is 10.3 Å². The third-order valence-electron chi connectivity index (χ3n) is 3.20. The molecule has 0 aliphatic heterocycles. The van der Waals surface area contributed by atoms with Crippen LogP contribution in [0.15, 0.2) is 5.38 Å². The van der Waals surface area contributed by atoms with Crippen LogP contribution in [-0.4, -0.2) is 36.2 Å². The summed E-state index contributed by atoms with van der Waals surface area (Å²) < 4.78 is 10.8. The van der Waals surface area contributed by atoms with Crippen LogP contribution in [0, 0.1) is 0 Å². The van der Waals surface area contributed by atoms with Crippen molar-refractivity contribution in [1.29, 1.82) is 0 Å². The lowest BCUT2D eigenvalue weighted by molar-refractivity contribution is -0.114. The van der Waals surface area contributed by atoms with Crippen molar-refractivity contribution in [3.8, 4) is 0 Å². The Morgan fingerprint density at radius 1 is 1.35 bits per heavy atom. The first-order valence-corrected chi connectivity index (χ1v) is 7.45. The number of amides is 1. The minimum absolute atomic E-state index is 0.0406. The van der Waals surface area contributed by atoms with Gasteiger partial charge in [-0.1, -0.05) is 6.42 Å². The lowest BCUT2D eigenvalue weighted by atomic mass is 9.94. The quantitative estimate of drug-likeness (QED) is 0.862. The Bertz CT molecular complexity index is 488. The predicted octanol–water partition coefficient (Wildman–Crippen LogP) is 2.22. The minimum atomic E-state index is -0.466.